The summed E-state index contributed by atoms with van der Waals surface area (Å²) in [6.45, 7) is 0.488. The van der Waals surface area contributed by atoms with Crippen molar-refractivity contribution in [1.82, 2.24) is 4.98 Å². The largest absolute Gasteiger partial charge is 0.326 e. The van der Waals surface area contributed by atoms with Crippen molar-refractivity contribution in [3.05, 3.63) is 47.8 Å². The summed E-state index contributed by atoms with van der Waals surface area (Å²) in [4.78, 5) is 15.5. The number of carbonyl (C=O) groups excluding carboxylic acids is 1. The van der Waals surface area contributed by atoms with Crippen LogP contribution in [0.4, 0.5) is 5.69 Å². The van der Waals surface area contributed by atoms with Crippen LogP contribution in [-0.4, -0.2) is 10.9 Å². The minimum atomic E-state index is 0.0899. The molecule has 2 aromatic rings. The molecule has 0 unspecified atom stereocenters. The number of fused-ring (bicyclic) bond motifs is 1. The van der Waals surface area contributed by atoms with Crippen LogP contribution in [0, 0.1) is 0 Å². The molecule has 0 atom stereocenters. The second kappa shape index (κ2) is 4.82. The number of nitrogens with two attached hydrogens (primary N) is 1. The standard InChI is InChI=1S/C15H15N3O/c16-7-10-5-13(9-17-8-10)11-1-3-14-12(6-11)2-4-15(19)18-14/h1,3,5-6,8-9H,2,4,7,16H2,(H,18,19). The Hall–Kier alpha value is -2.20. The smallest absolute Gasteiger partial charge is 0.224 e. The first-order chi connectivity index (χ1) is 9.26. The third-order valence-electron chi connectivity index (χ3n) is 3.36. The van der Waals surface area contributed by atoms with E-state index in [1.165, 1.54) is 5.56 Å². The molecular weight excluding hydrogens is 238 g/mol. The highest BCUT2D eigenvalue weighted by Gasteiger charge is 2.15. The molecule has 1 aromatic carbocycles. The molecule has 0 saturated carbocycles. The van der Waals surface area contributed by atoms with E-state index in [2.05, 4.69) is 22.4 Å². The molecule has 3 N–H and O–H groups in total. The third-order valence-corrected chi connectivity index (χ3v) is 3.36. The van der Waals surface area contributed by atoms with Gasteiger partial charge in [0.2, 0.25) is 5.91 Å². The van der Waals surface area contributed by atoms with Crippen LogP contribution in [0.3, 0.4) is 0 Å². The van der Waals surface area contributed by atoms with E-state index in [9.17, 15) is 4.79 Å². The zero-order valence-corrected chi connectivity index (χ0v) is 10.5. The molecule has 4 heteroatoms. The minimum absolute atomic E-state index is 0.0899. The summed E-state index contributed by atoms with van der Waals surface area (Å²) < 4.78 is 0. The monoisotopic (exact) mass is 253 g/mol. The Morgan fingerprint density at radius 3 is 2.89 bits per heavy atom. The number of aryl methyl sites for hydroxylation is 1. The van der Waals surface area contributed by atoms with Crippen LogP contribution in [0.15, 0.2) is 36.7 Å². The number of aromatic nitrogens is 1. The van der Waals surface area contributed by atoms with Gasteiger partial charge < -0.3 is 11.1 Å². The molecule has 0 fully saturated rings. The maximum Gasteiger partial charge on any atom is 0.224 e. The number of hydrogen-bond donors (Lipinski definition) is 2. The molecule has 3 rings (SSSR count). The molecule has 1 amide bonds. The van der Waals surface area contributed by atoms with Crippen LogP contribution >= 0.6 is 0 Å². The molecular formula is C15H15N3O. The van der Waals surface area contributed by atoms with E-state index in [4.69, 9.17) is 5.73 Å². The maximum atomic E-state index is 11.3. The molecule has 0 saturated heterocycles. The number of carbonyl (C=O) groups is 1. The van der Waals surface area contributed by atoms with Gasteiger partial charge in [-0.15, -0.1) is 0 Å². The fourth-order valence-electron chi connectivity index (χ4n) is 2.32. The zero-order chi connectivity index (χ0) is 13.2. The third kappa shape index (κ3) is 2.35. The van der Waals surface area contributed by atoms with Crippen LogP contribution in [0.25, 0.3) is 11.1 Å². The zero-order valence-electron chi connectivity index (χ0n) is 10.5. The number of benzene rings is 1. The van der Waals surface area contributed by atoms with Gasteiger partial charge in [0.05, 0.1) is 0 Å². The number of rotatable bonds is 2. The quantitative estimate of drug-likeness (QED) is 0.861. The minimum Gasteiger partial charge on any atom is -0.326 e. The average molecular weight is 253 g/mol. The number of nitrogens with zero attached hydrogens (tertiary/aromatic N) is 1. The highest BCUT2D eigenvalue weighted by atomic mass is 16.1. The van der Waals surface area contributed by atoms with E-state index in [0.717, 1.165) is 28.8 Å². The van der Waals surface area contributed by atoms with Gasteiger partial charge in [-0.1, -0.05) is 6.07 Å². The van der Waals surface area contributed by atoms with Gasteiger partial charge in [-0.2, -0.15) is 0 Å². The van der Waals surface area contributed by atoms with Gasteiger partial charge in [0, 0.05) is 36.6 Å². The van der Waals surface area contributed by atoms with Crippen LogP contribution < -0.4 is 11.1 Å². The van der Waals surface area contributed by atoms with Crippen molar-refractivity contribution in [1.29, 1.82) is 0 Å². The number of nitrogens with one attached hydrogen (secondary N) is 1. The van der Waals surface area contributed by atoms with Gasteiger partial charge in [0.25, 0.3) is 0 Å². The molecule has 0 radical (unpaired) electrons. The summed E-state index contributed by atoms with van der Waals surface area (Å²) in [6.07, 6.45) is 4.96. The first-order valence-electron chi connectivity index (χ1n) is 6.33. The Balaban J connectivity index is 1.99. The highest BCUT2D eigenvalue weighted by molar-refractivity contribution is 5.94. The second-order valence-corrected chi connectivity index (χ2v) is 4.71. The van der Waals surface area contributed by atoms with E-state index >= 15 is 0 Å². The molecule has 1 aliphatic heterocycles. The summed E-state index contributed by atoms with van der Waals surface area (Å²) >= 11 is 0. The lowest BCUT2D eigenvalue weighted by Gasteiger charge is -2.17. The van der Waals surface area contributed by atoms with Gasteiger partial charge >= 0.3 is 0 Å². The summed E-state index contributed by atoms with van der Waals surface area (Å²) in [6, 6.07) is 8.13. The summed E-state index contributed by atoms with van der Waals surface area (Å²) in [5.41, 5.74) is 10.9. The summed E-state index contributed by atoms with van der Waals surface area (Å²) in [7, 11) is 0. The van der Waals surface area contributed by atoms with Crippen molar-refractivity contribution in [2.24, 2.45) is 5.73 Å². The van der Waals surface area contributed by atoms with Gasteiger partial charge in [0.1, 0.15) is 0 Å². The van der Waals surface area contributed by atoms with Crippen molar-refractivity contribution in [3.63, 3.8) is 0 Å². The van der Waals surface area contributed by atoms with E-state index < -0.39 is 0 Å². The molecule has 0 spiro atoms. The lowest BCUT2D eigenvalue weighted by Crippen LogP contribution is -2.18. The summed E-state index contributed by atoms with van der Waals surface area (Å²) in [5, 5.41) is 2.89. The lowest BCUT2D eigenvalue weighted by molar-refractivity contribution is -0.116. The fourth-order valence-corrected chi connectivity index (χ4v) is 2.32. The van der Waals surface area contributed by atoms with E-state index in [-0.39, 0.29) is 5.91 Å². The molecule has 19 heavy (non-hydrogen) atoms. The van der Waals surface area contributed by atoms with Crippen LogP contribution in [0.2, 0.25) is 0 Å². The number of hydrogen-bond acceptors (Lipinski definition) is 3. The van der Waals surface area contributed by atoms with Crippen molar-refractivity contribution in [3.8, 4) is 11.1 Å². The Labute approximate surface area is 111 Å². The van der Waals surface area contributed by atoms with Gasteiger partial charge in [-0.05, 0) is 41.3 Å². The van der Waals surface area contributed by atoms with Crippen molar-refractivity contribution < 1.29 is 4.79 Å². The van der Waals surface area contributed by atoms with E-state index in [1.54, 1.807) is 6.20 Å². The molecule has 0 bridgehead atoms. The predicted molar refractivity (Wildman–Crippen MR) is 74.5 cm³/mol. The molecule has 96 valence electrons. The number of anilines is 1. The van der Waals surface area contributed by atoms with Gasteiger partial charge in [0.15, 0.2) is 0 Å². The second-order valence-electron chi connectivity index (χ2n) is 4.71. The Bertz CT molecular complexity index is 637. The average Bonchev–Trinajstić information content (AvgIpc) is 2.46. The van der Waals surface area contributed by atoms with E-state index in [1.807, 2.05) is 18.3 Å². The topological polar surface area (TPSA) is 68.0 Å². The Kier molecular flexibility index (Phi) is 3.01. The van der Waals surface area contributed by atoms with Crippen molar-refractivity contribution in [2.45, 2.75) is 19.4 Å². The highest BCUT2D eigenvalue weighted by Crippen LogP contribution is 2.28. The van der Waals surface area contributed by atoms with Crippen LogP contribution in [0.5, 0.6) is 0 Å². The van der Waals surface area contributed by atoms with Gasteiger partial charge in [-0.25, -0.2) is 0 Å². The molecule has 1 aliphatic rings. The first-order valence-corrected chi connectivity index (χ1v) is 6.33. The fraction of sp³-hybridized carbons (Fsp3) is 0.200. The van der Waals surface area contributed by atoms with Crippen molar-refractivity contribution >= 4 is 11.6 Å². The molecule has 4 nitrogen and oxygen atoms in total. The number of pyridine rings is 1. The predicted octanol–water partition coefficient (Wildman–Crippen LogP) is 2.09. The van der Waals surface area contributed by atoms with Crippen LogP contribution in [0.1, 0.15) is 17.5 Å². The Morgan fingerprint density at radius 1 is 1.16 bits per heavy atom. The molecule has 1 aromatic heterocycles. The first kappa shape index (κ1) is 11.9. The molecule has 2 heterocycles. The normalized spacial score (nSPS) is 13.8. The van der Waals surface area contributed by atoms with Crippen molar-refractivity contribution in [2.75, 3.05) is 5.32 Å². The Morgan fingerprint density at radius 2 is 2.05 bits per heavy atom. The lowest BCUT2D eigenvalue weighted by atomic mass is 9.97. The number of amides is 1. The summed E-state index contributed by atoms with van der Waals surface area (Å²) in [5.74, 6) is 0.0899. The van der Waals surface area contributed by atoms with Crippen LogP contribution in [-0.2, 0) is 17.8 Å². The van der Waals surface area contributed by atoms with Gasteiger partial charge in [-0.3, -0.25) is 9.78 Å². The van der Waals surface area contributed by atoms with E-state index in [0.29, 0.717) is 13.0 Å². The maximum absolute atomic E-state index is 11.3. The molecule has 0 aliphatic carbocycles. The SMILES string of the molecule is NCc1cncc(-c2ccc3c(c2)CCC(=O)N3)c1.